The van der Waals surface area contributed by atoms with Crippen molar-refractivity contribution in [2.75, 3.05) is 18.6 Å². The number of carbonyl (C=O) groups excluding carboxylic acids is 2. The van der Waals surface area contributed by atoms with Crippen LogP contribution in [0.3, 0.4) is 0 Å². The van der Waals surface area contributed by atoms with Gasteiger partial charge in [0.2, 0.25) is 0 Å². The van der Waals surface area contributed by atoms with Gasteiger partial charge in [-0.3, -0.25) is 14.5 Å². The Morgan fingerprint density at radius 2 is 1.87 bits per heavy atom. The molecule has 0 spiro atoms. The second-order valence-corrected chi connectivity index (χ2v) is 10.5. The Hall–Kier alpha value is -4.37. The van der Waals surface area contributed by atoms with E-state index >= 15 is 0 Å². The number of nitrogens with zero attached hydrogens (tertiary/aromatic N) is 2. The van der Waals surface area contributed by atoms with E-state index in [0.717, 1.165) is 16.0 Å². The summed E-state index contributed by atoms with van der Waals surface area (Å²) in [5.74, 6) is 0.328. The van der Waals surface area contributed by atoms with Crippen LogP contribution in [0.15, 0.2) is 66.2 Å². The molecule has 3 aromatic carbocycles. The minimum absolute atomic E-state index is 0.00587. The largest absolute Gasteiger partial charge is 0.507 e. The highest BCUT2D eigenvalue weighted by Gasteiger charge is 2.48. The fourth-order valence-electron chi connectivity index (χ4n) is 5.11. The number of amides is 1. The summed E-state index contributed by atoms with van der Waals surface area (Å²) in [6.07, 6.45) is 0.729. The summed E-state index contributed by atoms with van der Waals surface area (Å²) in [7, 11) is 1.57. The summed E-state index contributed by atoms with van der Waals surface area (Å²) in [6, 6.07) is 17.0. The van der Waals surface area contributed by atoms with Crippen LogP contribution in [0.4, 0.5) is 5.13 Å². The molecule has 2 aliphatic heterocycles. The highest BCUT2D eigenvalue weighted by atomic mass is 32.1. The van der Waals surface area contributed by atoms with Crippen LogP contribution in [0, 0.1) is 0 Å². The number of rotatable bonds is 6. The van der Waals surface area contributed by atoms with Crippen LogP contribution >= 0.6 is 11.3 Å². The van der Waals surface area contributed by atoms with Crippen LogP contribution in [0.2, 0.25) is 0 Å². The third-order valence-corrected chi connectivity index (χ3v) is 7.93. The molecule has 39 heavy (non-hydrogen) atoms. The molecule has 2 atom stereocenters. The van der Waals surface area contributed by atoms with Crippen molar-refractivity contribution in [3.63, 3.8) is 0 Å². The number of aromatic nitrogens is 1. The number of ketones is 1. The standard InChI is InChI=1S/C30H26N2O6S/c1-4-37-21-10-11-22-24(15-21)39-30(31-22)32-26(17-5-8-20(36-3)9-6-17)25(28(34)29(32)35)27(33)18-7-12-23-19(14-18)13-16(2)38-23/h5-12,14-16,26,33H,4,13H2,1-3H3/b27-25+/t16-,26+/m0/s1. The third kappa shape index (κ3) is 4.28. The van der Waals surface area contributed by atoms with E-state index in [1.165, 1.54) is 16.2 Å². The van der Waals surface area contributed by atoms with Crippen molar-refractivity contribution in [3.8, 4) is 17.2 Å². The molecular formula is C30H26N2O6S. The summed E-state index contributed by atoms with van der Waals surface area (Å²) in [6.45, 7) is 4.41. The number of anilines is 1. The Morgan fingerprint density at radius 1 is 1.10 bits per heavy atom. The number of hydrogen-bond donors (Lipinski definition) is 1. The van der Waals surface area contributed by atoms with Gasteiger partial charge in [-0.05, 0) is 73.5 Å². The van der Waals surface area contributed by atoms with Gasteiger partial charge in [0.05, 0.1) is 35.5 Å². The van der Waals surface area contributed by atoms with Crippen LogP contribution in [0.1, 0.15) is 36.6 Å². The predicted molar refractivity (Wildman–Crippen MR) is 149 cm³/mol. The van der Waals surface area contributed by atoms with E-state index < -0.39 is 17.7 Å². The molecule has 1 amide bonds. The zero-order valence-corrected chi connectivity index (χ0v) is 22.5. The topological polar surface area (TPSA) is 98.2 Å². The van der Waals surface area contributed by atoms with Gasteiger partial charge < -0.3 is 19.3 Å². The number of ether oxygens (including phenoxy) is 3. The first kappa shape index (κ1) is 24.9. The normalized spacial score (nSPS) is 19.8. The lowest BCUT2D eigenvalue weighted by molar-refractivity contribution is -0.132. The van der Waals surface area contributed by atoms with Gasteiger partial charge in [-0.2, -0.15) is 0 Å². The van der Waals surface area contributed by atoms with E-state index in [4.69, 9.17) is 14.2 Å². The first-order valence-electron chi connectivity index (χ1n) is 12.7. The molecule has 2 aliphatic rings. The van der Waals surface area contributed by atoms with Crippen molar-refractivity contribution >= 4 is 44.1 Å². The maximum absolute atomic E-state index is 13.6. The highest BCUT2D eigenvalue weighted by Crippen LogP contribution is 2.45. The molecule has 8 nitrogen and oxygen atoms in total. The number of benzene rings is 3. The smallest absolute Gasteiger partial charge is 0.301 e. The molecular weight excluding hydrogens is 516 g/mol. The minimum atomic E-state index is -0.883. The number of Topliss-reactive ketones (excluding diaryl/α,β-unsaturated/α-hetero) is 1. The summed E-state index contributed by atoms with van der Waals surface area (Å²) >= 11 is 1.29. The third-order valence-electron chi connectivity index (χ3n) is 6.91. The Bertz CT molecular complexity index is 1640. The first-order valence-corrected chi connectivity index (χ1v) is 13.5. The van der Waals surface area contributed by atoms with Crippen molar-refractivity contribution in [2.45, 2.75) is 32.4 Å². The Labute approximate surface area is 229 Å². The van der Waals surface area contributed by atoms with Gasteiger partial charge in [-0.1, -0.05) is 23.5 Å². The molecule has 4 aromatic rings. The zero-order valence-electron chi connectivity index (χ0n) is 21.6. The average molecular weight is 543 g/mol. The van der Waals surface area contributed by atoms with E-state index in [-0.39, 0.29) is 17.4 Å². The molecule has 1 aromatic heterocycles. The Kier molecular flexibility index (Phi) is 6.23. The van der Waals surface area contributed by atoms with Crippen molar-refractivity contribution in [1.29, 1.82) is 0 Å². The van der Waals surface area contributed by atoms with Gasteiger partial charge in [-0.15, -0.1) is 0 Å². The molecule has 1 N–H and O–H groups in total. The number of methoxy groups -OCH3 is 1. The number of carbonyl (C=O) groups is 2. The maximum Gasteiger partial charge on any atom is 0.301 e. The molecule has 0 saturated carbocycles. The van der Waals surface area contributed by atoms with E-state index in [9.17, 15) is 14.7 Å². The van der Waals surface area contributed by atoms with E-state index in [2.05, 4.69) is 4.98 Å². The fourth-order valence-corrected chi connectivity index (χ4v) is 6.13. The fraction of sp³-hybridized carbons (Fsp3) is 0.233. The number of aliphatic hydroxyl groups is 1. The molecule has 1 saturated heterocycles. The molecule has 198 valence electrons. The Balaban J connectivity index is 1.50. The highest BCUT2D eigenvalue weighted by molar-refractivity contribution is 7.22. The predicted octanol–water partition coefficient (Wildman–Crippen LogP) is 5.65. The maximum atomic E-state index is 13.6. The number of hydrogen-bond acceptors (Lipinski definition) is 8. The minimum Gasteiger partial charge on any atom is -0.507 e. The average Bonchev–Trinajstić information content (AvgIpc) is 3.60. The van der Waals surface area contributed by atoms with Gasteiger partial charge >= 0.3 is 5.91 Å². The van der Waals surface area contributed by atoms with Crippen molar-refractivity contribution in [2.24, 2.45) is 0 Å². The lowest BCUT2D eigenvalue weighted by atomic mass is 9.94. The molecule has 3 heterocycles. The van der Waals surface area contributed by atoms with Gasteiger partial charge in [0.1, 0.15) is 29.1 Å². The number of fused-ring (bicyclic) bond motifs is 2. The van der Waals surface area contributed by atoms with E-state index in [0.29, 0.717) is 46.3 Å². The first-order chi connectivity index (χ1) is 18.9. The molecule has 0 radical (unpaired) electrons. The lowest BCUT2D eigenvalue weighted by Gasteiger charge is -2.23. The van der Waals surface area contributed by atoms with Gasteiger partial charge in [0.25, 0.3) is 5.78 Å². The molecule has 1 fully saturated rings. The quantitative estimate of drug-likeness (QED) is 0.191. The summed E-state index contributed by atoms with van der Waals surface area (Å²) in [5.41, 5.74) is 2.73. The van der Waals surface area contributed by atoms with E-state index in [1.807, 2.05) is 38.1 Å². The SMILES string of the molecule is CCOc1ccc2nc(N3C(=O)C(=O)/C(=C(/O)c4ccc5c(c4)C[C@H](C)O5)[C@H]3c3ccc(OC)cc3)sc2c1. The van der Waals surface area contributed by atoms with Crippen molar-refractivity contribution in [3.05, 3.63) is 82.9 Å². The second-order valence-electron chi connectivity index (χ2n) is 9.46. The monoisotopic (exact) mass is 542 g/mol. The summed E-state index contributed by atoms with van der Waals surface area (Å²) < 4.78 is 17.5. The number of thiazole rings is 1. The summed E-state index contributed by atoms with van der Waals surface area (Å²) in [5, 5.41) is 11.9. The zero-order chi connectivity index (χ0) is 27.3. The lowest BCUT2D eigenvalue weighted by Crippen LogP contribution is -2.29. The Morgan fingerprint density at radius 3 is 2.62 bits per heavy atom. The van der Waals surface area contributed by atoms with Gasteiger partial charge in [0, 0.05) is 12.0 Å². The van der Waals surface area contributed by atoms with Crippen molar-refractivity contribution in [1.82, 2.24) is 4.98 Å². The second kappa shape index (κ2) is 9.74. The van der Waals surface area contributed by atoms with Gasteiger partial charge in [-0.25, -0.2) is 4.98 Å². The van der Waals surface area contributed by atoms with Crippen LogP contribution in [0.25, 0.3) is 16.0 Å². The number of aliphatic hydroxyl groups excluding tert-OH is 1. The van der Waals surface area contributed by atoms with Gasteiger partial charge in [0.15, 0.2) is 5.13 Å². The molecule has 0 bridgehead atoms. The molecule has 6 rings (SSSR count). The van der Waals surface area contributed by atoms with Crippen LogP contribution in [-0.2, 0) is 16.0 Å². The van der Waals surface area contributed by atoms with Crippen molar-refractivity contribution < 1.29 is 28.9 Å². The van der Waals surface area contributed by atoms with Crippen LogP contribution < -0.4 is 19.1 Å². The molecule has 9 heteroatoms. The van der Waals surface area contributed by atoms with Crippen LogP contribution in [0.5, 0.6) is 17.2 Å². The summed E-state index contributed by atoms with van der Waals surface area (Å²) in [4.78, 5) is 33.2. The molecule has 0 aliphatic carbocycles. The van der Waals surface area contributed by atoms with E-state index in [1.54, 1.807) is 43.5 Å². The van der Waals surface area contributed by atoms with Crippen LogP contribution in [-0.4, -0.2) is 41.6 Å². The molecule has 0 unspecified atom stereocenters.